The Morgan fingerprint density at radius 3 is 2.55 bits per heavy atom. The SMILES string of the molecule is O=C(c1cc(-c2ccc3c(c2)OCCO3)nc2ccccc12)N1CCS(=O)CC1. The number of rotatable bonds is 2. The zero-order valence-electron chi connectivity index (χ0n) is 15.8. The lowest BCUT2D eigenvalue weighted by Gasteiger charge is -2.27. The minimum atomic E-state index is -0.829. The van der Waals surface area contributed by atoms with Gasteiger partial charge in [-0.1, -0.05) is 18.2 Å². The van der Waals surface area contributed by atoms with Crippen molar-refractivity contribution in [2.75, 3.05) is 37.8 Å². The first-order valence-corrected chi connectivity index (χ1v) is 11.1. The maximum atomic E-state index is 13.3. The largest absolute Gasteiger partial charge is 0.486 e. The molecule has 6 nitrogen and oxygen atoms in total. The van der Waals surface area contributed by atoms with E-state index < -0.39 is 10.8 Å². The van der Waals surface area contributed by atoms with E-state index >= 15 is 0 Å². The molecule has 5 rings (SSSR count). The monoisotopic (exact) mass is 408 g/mol. The van der Waals surface area contributed by atoms with Crippen LogP contribution in [0.4, 0.5) is 0 Å². The first-order chi connectivity index (χ1) is 14.2. The third-order valence-corrected chi connectivity index (χ3v) is 6.53. The number of pyridine rings is 1. The zero-order chi connectivity index (χ0) is 19.8. The molecule has 0 unspecified atom stereocenters. The molecule has 1 fully saturated rings. The molecule has 29 heavy (non-hydrogen) atoms. The molecule has 0 spiro atoms. The van der Waals surface area contributed by atoms with Crippen molar-refractivity contribution in [3.63, 3.8) is 0 Å². The number of fused-ring (bicyclic) bond motifs is 2. The summed E-state index contributed by atoms with van der Waals surface area (Å²) in [4.78, 5) is 19.9. The number of ether oxygens (including phenoxy) is 2. The zero-order valence-corrected chi connectivity index (χ0v) is 16.6. The van der Waals surface area contributed by atoms with Gasteiger partial charge in [-0.3, -0.25) is 9.00 Å². The molecule has 3 heterocycles. The summed E-state index contributed by atoms with van der Waals surface area (Å²) < 4.78 is 23.0. The molecule has 3 aromatic rings. The van der Waals surface area contributed by atoms with Crippen molar-refractivity contribution in [2.24, 2.45) is 0 Å². The molecule has 2 aliphatic rings. The van der Waals surface area contributed by atoms with Crippen molar-refractivity contribution in [1.82, 2.24) is 9.88 Å². The quantitative estimate of drug-likeness (QED) is 0.652. The van der Waals surface area contributed by atoms with Crippen LogP contribution >= 0.6 is 0 Å². The second-order valence-electron chi connectivity index (χ2n) is 7.07. The van der Waals surface area contributed by atoms with Gasteiger partial charge >= 0.3 is 0 Å². The highest BCUT2D eigenvalue weighted by Gasteiger charge is 2.24. The average Bonchev–Trinajstić information content (AvgIpc) is 2.78. The maximum Gasteiger partial charge on any atom is 0.254 e. The molecule has 0 atom stereocenters. The van der Waals surface area contributed by atoms with E-state index in [4.69, 9.17) is 14.5 Å². The van der Waals surface area contributed by atoms with E-state index in [2.05, 4.69) is 0 Å². The fourth-order valence-corrected chi connectivity index (χ4v) is 4.77. The predicted molar refractivity (Wildman–Crippen MR) is 112 cm³/mol. The van der Waals surface area contributed by atoms with Crippen molar-refractivity contribution in [3.05, 3.63) is 54.1 Å². The molecule has 0 saturated carbocycles. The highest BCUT2D eigenvalue weighted by Crippen LogP contribution is 2.35. The lowest BCUT2D eigenvalue weighted by Crippen LogP contribution is -2.41. The van der Waals surface area contributed by atoms with Gasteiger partial charge in [0.1, 0.15) is 13.2 Å². The fraction of sp³-hybridized carbons (Fsp3) is 0.273. The number of carbonyl (C=O) groups is 1. The average molecular weight is 408 g/mol. The Hall–Kier alpha value is -2.93. The molecular formula is C22H20N2O4S. The summed E-state index contributed by atoms with van der Waals surface area (Å²) in [6.45, 7) is 2.09. The summed E-state index contributed by atoms with van der Waals surface area (Å²) >= 11 is 0. The summed E-state index contributed by atoms with van der Waals surface area (Å²) in [5.74, 6) is 2.43. The number of nitrogens with zero attached hydrogens (tertiary/aromatic N) is 2. The number of para-hydroxylation sites is 1. The van der Waals surface area contributed by atoms with Crippen LogP contribution in [0.25, 0.3) is 22.2 Å². The maximum absolute atomic E-state index is 13.3. The minimum Gasteiger partial charge on any atom is -0.486 e. The van der Waals surface area contributed by atoms with E-state index in [1.165, 1.54) is 0 Å². The van der Waals surface area contributed by atoms with Crippen LogP contribution < -0.4 is 9.47 Å². The van der Waals surface area contributed by atoms with Crippen LogP contribution in [0, 0.1) is 0 Å². The third-order valence-electron chi connectivity index (χ3n) is 5.25. The summed E-state index contributed by atoms with van der Waals surface area (Å²) in [5, 5.41) is 0.825. The molecule has 2 aliphatic heterocycles. The summed E-state index contributed by atoms with van der Waals surface area (Å²) in [6.07, 6.45) is 0. The van der Waals surface area contributed by atoms with Gasteiger partial charge in [0.2, 0.25) is 0 Å². The second-order valence-corrected chi connectivity index (χ2v) is 8.77. The standard InChI is InChI=1S/C22H20N2O4S/c25-22(24-7-11-29(26)12-8-24)17-14-19(23-18-4-2-1-3-16(17)18)15-5-6-20-21(13-15)28-10-9-27-20/h1-6,13-14H,7-12H2. The summed E-state index contributed by atoms with van der Waals surface area (Å²) in [7, 11) is -0.829. The molecule has 0 N–H and O–H groups in total. The molecule has 1 saturated heterocycles. The van der Waals surface area contributed by atoms with Crippen molar-refractivity contribution in [2.45, 2.75) is 0 Å². The van der Waals surface area contributed by atoms with Crippen LogP contribution in [-0.2, 0) is 10.8 Å². The lowest BCUT2D eigenvalue weighted by molar-refractivity contribution is 0.0773. The molecule has 0 bridgehead atoms. The van der Waals surface area contributed by atoms with Crippen LogP contribution in [0.5, 0.6) is 11.5 Å². The third kappa shape index (κ3) is 3.46. The Labute approximate surface area is 170 Å². The Morgan fingerprint density at radius 1 is 0.966 bits per heavy atom. The van der Waals surface area contributed by atoms with Gasteiger partial charge in [0.25, 0.3) is 5.91 Å². The highest BCUT2D eigenvalue weighted by molar-refractivity contribution is 7.85. The molecule has 148 valence electrons. The Kier molecular flexibility index (Phi) is 4.67. The van der Waals surface area contributed by atoms with Gasteiger partial charge in [0, 0.05) is 46.3 Å². The van der Waals surface area contributed by atoms with E-state index in [1.54, 1.807) is 4.90 Å². The molecular weight excluding hydrogens is 388 g/mol. The number of amides is 1. The van der Waals surface area contributed by atoms with Crippen molar-refractivity contribution >= 4 is 27.6 Å². The number of hydrogen-bond acceptors (Lipinski definition) is 5. The molecule has 1 aromatic heterocycles. The van der Waals surface area contributed by atoms with Gasteiger partial charge in [-0.2, -0.15) is 0 Å². The highest BCUT2D eigenvalue weighted by atomic mass is 32.2. The first-order valence-electron chi connectivity index (χ1n) is 9.63. The first kappa shape index (κ1) is 18.1. The lowest BCUT2D eigenvalue weighted by atomic mass is 10.0. The molecule has 0 aliphatic carbocycles. The smallest absolute Gasteiger partial charge is 0.254 e. The molecule has 7 heteroatoms. The second kappa shape index (κ2) is 7.48. The number of aromatic nitrogens is 1. The van der Waals surface area contributed by atoms with Gasteiger partial charge in [0.15, 0.2) is 11.5 Å². The minimum absolute atomic E-state index is 0.0425. The normalized spacial score (nSPS) is 16.8. The van der Waals surface area contributed by atoms with Crippen LogP contribution in [-0.4, -0.2) is 57.8 Å². The number of carbonyl (C=O) groups excluding carboxylic acids is 1. The van der Waals surface area contributed by atoms with Gasteiger partial charge in [-0.05, 0) is 30.3 Å². The summed E-state index contributed by atoms with van der Waals surface area (Å²) in [5.41, 5.74) is 2.97. The van der Waals surface area contributed by atoms with Crippen molar-refractivity contribution in [1.29, 1.82) is 0 Å². The van der Waals surface area contributed by atoms with E-state index in [1.807, 2.05) is 48.5 Å². The molecule has 0 radical (unpaired) electrons. The van der Waals surface area contributed by atoms with Crippen LogP contribution in [0.15, 0.2) is 48.5 Å². The van der Waals surface area contributed by atoms with Gasteiger partial charge in [0.05, 0.1) is 16.8 Å². The van der Waals surface area contributed by atoms with E-state index in [-0.39, 0.29) is 5.91 Å². The van der Waals surface area contributed by atoms with Crippen molar-refractivity contribution in [3.8, 4) is 22.8 Å². The Balaban J connectivity index is 1.59. The van der Waals surface area contributed by atoms with Gasteiger partial charge in [-0.25, -0.2) is 4.98 Å². The van der Waals surface area contributed by atoms with Gasteiger partial charge < -0.3 is 14.4 Å². The van der Waals surface area contributed by atoms with Crippen LogP contribution in [0.1, 0.15) is 10.4 Å². The Bertz CT molecular complexity index is 1120. The van der Waals surface area contributed by atoms with Crippen molar-refractivity contribution < 1.29 is 18.5 Å². The van der Waals surface area contributed by atoms with E-state index in [0.29, 0.717) is 54.8 Å². The Morgan fingerprint density at radius 2 is 1.72 bits per heavy atom. The van der Waals surface area contributed by atoms with Gasteiger partial charge in [-0.15, -0.1) is 0 Å². The van der Waals surface area contributed by atoms with E-state index in [9.17, 15) is 9.00 Å². The fourth-order valence-electron chi connectivity index (χ4n) is 3.71. The molecule has 2 aromatic carbocycles. The van der Waals surface area contributed by atoms with Crippen LogP contribution in [0.3, 0.4) is 0 Å². The topological polar surface area (TPSA) is 68.7 Å². The number of hydrogen-bond donors (Lipinski definition) is 0. The number of benzene rings is 2. The summed E-state index contributed by atoms with van der Waals surface area (Å²) in [6, 6.07) is 15.2. The van der Waals surface area contributed by atoms with E-state index in [0.717, 1.165) is 22.2 Å². The van der Waals surface area contributed by atoms with Crippen LogP contribution in [0.2, 0.25) is 0 Å². The predicted octanol–water partition coefficient (Wildman–Crippen LogP) is 2.88. The molecule has 1 amide bonds.